The first-order chi connectivity index (χ1) is 5.68. The minimum atomic E-state index is -1.71. The summed E-state index contributed by atoms with van der Waals surface area (Å²) in [5, 5.41) is 0. The van der Waals surface area contributed by atoms with Crippen LogP contribution in [0, 0.1) is 5.82 Å². The molecule has 2 nitrogen and oxygen atoms in total. The van der Waals surface area contributed by atoms with E-state index in [0.29, 0.717) is 0 Å². The summed E-state index contributed by atoms with van der Waals surface area (Å²) >= 11 is -1.71. The molecule has 0 amide bonds. The van der Waals surface area contributed by atoms with Gasteiger partial charge in [-0.05, 0) is 0 Å². The number of benzene rings is 1. The SMILES string of the molecule is CC(=O)[O][Hg][c]1ccc(F)cc1. The first kappa shape index (κ1) is 9.64. The molecule has 0 spiro atoms. The van der Waals surface area contributed by atoms with Gasteiger partial charge in [0.15, 0.2) is 0 Å². The van der Waals surface area contributed by atoms with E-state index in [1.54, 1.807) is 12.1 Å². The van der Waals surface area contributed by atoms with Crippen LogP contribution in [0.5, 0.6) is 0 Å². The molecule has 4 heteroatoms. The van der Waals surface area contributed by atoms with Crippen molar-refractivity contribution < 1.29 is 36.9 Å². The fourth-order valence-corrected chi connectivity index (χ4v) is 3.87. The van der Waals surface area contributed by atoms with E-state index in [0.717, 1.165) is 3.07 Å². The average Bonchev–Trinajstić information content (AvgIpc) is 2.03. The predicted octanol–water partition coefficient (Wildman–Crippen LogP) is 1.01. The predicted molar refractivity (Wildman–Crippen MR) is 37.8 cm³/mol. The molecule has 60 valence electrons. The fraction of sp³-hybridized carbons (Fsp3) is 0.125. The van der Waals surface area contributed by atoms with E-state index in [9.17, 15) is 9.18 Å². The Morgan fingerprint density at radius 1 is 1.42 bits per heavy atom. The van der Waals surface area contributed by atoms with Gasteiger partial charge in [0.25, 0.3) is 0 Å². The van der Waals surface area contributed by atoms with Gasteiger partial charge in [-0.3, -0.25) is 0 Å². The van der Waals surface area contributed by atoms with Gasteiger partial charge in [-0.1, -0.05) is 0 Å². The van der Waals surface area contributed by atoms with Crippen molar-refractivity contribution in [1.82, 2.24) is 0 Å². The van der Waals surface area contributed by atoms with Crippen molar-refractivity contribution in [3.63, 3.8) is 0 Å². The molecule has 0 aliphatic carbocycles. The third-order valence-electron chi connectivity index (χ3n) is 1.36. The second-order valence-corrected chi connectivity index (χ2v) is 7.83. The molecule has 0 radical (unpaired) electrons. The molecule has 0 saturated carbocycles. The Kier molecular flexibility index (Phi) is 3.65. The Hall–Kier alpha value is -0.445. The van der Waals surface area contributed by atoms with Crippen molar-refractivity contribution >= 4 is 9.04 Å². The summed E-state index contributed by atoms with van der Waals surface area (Å²) in [5.74, 6) is -0.490. The van der Waals surface area contributed by atoms with Gasteiger partial charge < -0.3 is 0 Å². The number of carbonyl (C=O) groups is 1. The van der Waals surface area contributed by atoms with Gasteiger partial charge in [0, 0.05) is 0 Å². The van der Waals surface area contributed by atoms with E-state index in [2.05, 4.69) is 0 Å². The minimum absolute atomic E-state index is 0.235. The normalized spacial score (nSPS) is 8.83. The second-order valence-electron chi connectivity index (χ2n) is 2.41. The third kappa shape index (κ3) is 3.30. The summed E-state index contributed by atoms with van der Waals surface area (Å²) in [6.07, 6.45) is 0. The number of rotatable bonds is 2. The van der Waals surface area contributed by atoms with Crippen molar-refractivity contribution in [3.05, 3.63) is 30.1 Å². The van der Waals surface area contributed by atoms with Gasteiger partial charge in [0.1, 0.15) is 0 Å². The van der Waals surface area contributed by atoms with Crippen LogP contribution in [0.4, 0.5) is 4.39 Å². The number of carbonyl (C=O) groups excluding carboxylic acids is 1. The standard InChI is InChI=1S/C6H4F.C2H4O2.Hg/c7-6-4-2-1-3-5-6;1-2(3)4;/h2-5H;1H3,(H,3,4);/q;;+1/p-1. The van der Waals surface area contributed by atoms with E-state index in [4.69, 9.17) is 2.64 Å². The molecule has 0 bridgehead atoms. The van der Waals surface area contributed by atoms with E-state index in [-0.39, 0.29) is 11.8 Å². The van der Waals surface area contributed by atoms with E-state index in [1.165, 1.54) is 19.1 Å². The Balaban J connectivity index is 2.53. The molecule has 0 atom stereocenters. The molecule has 0 aliphatic heterocycles. The fourth-order valence-electron chi connectivity index (χ4n) is 0.766. The van der Waals surface area contributed by atoms with E-state index >= 15 is 0 Å². The molecule has 0 fully saturated rings. The number of hydrogen-bond donors (Lipinski definition) is 0. The molecule has 1 aromatic carbocycles. The Bertz CT molecular complexity index is 271. The van der Waals surface area contributed by atoms with Crippen LogP contribution in [0.2, 0.25) is 0 Å². The molecule has 0 aromatic heterocycles. The van der Waals surface area contributed by atoms with E-state index < -0.39 is 25.0 Å². The molecule has 0 heterocycles. The van der Waals surface area contributed by atoms with Gasteiger partial charge in [-0.15, -0.1) is 0 Å². The first-order valence-electron chi connectivity index (χ1n) is 3.56. The number of hydrogen-bond acceptors (Lipinski definition) is 2. The summed E-state index contributed by atoms with van der Waals surface area (Å²) in [6.45, 7) is 1.39. The Morgan fingerprint density at radius 2 is 2.00 bits per heavy atom. The summed E-state index contributed by atoms with van der Waals surface area (Å²) < 4.78 is 18.3. The maximum absolute atomic E-state index is 12.4. The first-order valence-corrected chi connectivity index (χ1v) is 8.55. The molecule has 1 aromatic rings. The second kappa shape index (κ2) is 4.55. The van der Waals surface area contributed by atoms with Crippen molar-refractivity contribution in [2.75, 3.05) is 0 Å². The van der Waals surface area contributed by atoms with Crippen molar-refractivity contribution in [2.24, 2.45) is 0 Å². The van der Waals surface area contributed by atoms with Crippen LogP contribution < -0.4 is 3.07 Å². The molecule has 1 rings (SSSR count). The molecular formula is C8H7FHgO2. The van der Waals surface area contributed by atoms with E-state index in [1.807, 2.05) is 0 Å². The molecule has 0 unspecified atom stereocenters. The Labute approximate surface area is 82.8 Å². The van der Waals surface area contributed by atoms with Gasteiger partial charge in [0.05, 0.1) is 0 Å². The van der Waals surface area contributed by atoms with Crippen LogP contribution >= 0.6 is 0 Å². The molecular weight excluding hydrogens is 348 g/mol. The zero-order chi connectivity index (χ0) is 8.97. The molecule has 0 N–H and O–H groups in total. The maximum atomic E-state index is 12.4. The molecule has 0 saturated heterocycles. The van der Waals surface area contributed by atoms with Crippen molar-refractivity contribution in [3.8, 4) is 0 Å². The summed E-state index contributed by atoms with van der Waals surface area (Å²) in [4.78, 5) is 10.4. The van der Waals surface area contributed by atoms with Crippen molar-refractivity contribution in [2.45, 2.75) is 6.92 Å². The van der Waals surface area contributed by atoms with Crippen LogP contribution in [-0.4, -0.2) is 5.97 Å². The van der Waals surface area contributed by atoms with Crippen LogP contribution in [0.25, 0.3) is 0 Å². The number of halogens is 1. The van der Waals surface area contributed by atoms with Gasteiger partial charge in [-0.25, -0.2) is 0 Å². The average molecular weight is 355 g/mol. The molecule has 12 heavy (non-hydrogen) atoms. The van der Waals surface area contributed by atoms with Crippen LogP contribution in [-0.2, 0) is 32.5 Å². The third-order valence-corrected chi connectivity index (χ3v) is 6.63. The Morgan fingerprint density at radius 3 is 2.50 bits per heavy atom. The van der Waals surface area contributed by atoms with Gasteiger partial charge >= 0.3 is 82.9 Å². The van der Waals surface area contributed by atoms with Gasteiger partial charge in [0.2, 0.25) is 0 Å². The summed E-state index contributed by atoms with van der Waals surface area (Å²) in [6, 6.07) is 6.14. The monoisotopic (exact) mass is 356 g/mol. The van der Waals surface area contributed by atoms with Crippen molar-refractivity contribution in [1.29, 1.82) is 0 Å². The van der Waals surface area contributed by atoms with Crippen LogP contribution in [0.1, 0.15) is 6.92 Å². The topological polar surface area (TPSA) is 26.3 Å². The zero-order valence-corrected chi connectivity index (χ0v) is 12.2. The van der Waals surface area contributed by atoms with Crippen LogP contribution in [0.15, 0.2) is 24.3 Å². The summed E-state index contributed by atoms with van der Waals surface area (Å²) in [5.41, 5.74) is 0. The quantitative estimate of drug-likeness (QED) is 0.741. The molecule has 0 aliphatic rings. The summed E-state index contributed by atoms with van der Waals surface area (Å²) in [7, 11) is 0. The zero-order valence-electron chi connectivity index (χ0n) is 6.71. The van der Waals surface area contributed by atoms with Gasteiger partial charge in [-0.2, -0.15) is 0 Å². The van der Waals surface area contributed by atoms with Crippen LogP contribution in [0.3, 0.4) is 0 Å².